The van der Waals surface area contributed by atoms with Gasteiger partial charge in [0.25, 0.3) is 0 Å². The van der Waals surface area contributed by atoms with Crippen molar-refractivity contribution in [3.05, 3.63) is 72.9 Å². The summed E-state index contributed by atoms with van der Waals surface area (Å²) in [7, 11) is 0. The van der Waals surface area contributed by atoms with Crippen LogP contribution in [0.3, 0.4) is 0 Å². The van der Waals surface area contributed by atoms with Crippen molar-refractivity contribution in [1.29, 1.82) is 0 Å². The van der Waals surface area contributed by atoms with Crippen LogP contribution in [0.25, 0.3) is 0 Å². The second kappa shape index (κ2) is 52.8. The molecule has 0 radical (unpaired) electrons. The average Bonchev–Trinajstić information content (AvgIpc) is 3.43. The third-order valence-corrected chi connectivity index (χ3v) is 13.7. The highest BCUT2D eigenvalue weighted by atomic mass is 16.7. The molecule has 0 aliphatic carbocycles. The molecule has 1 rings (SSSR count). The second-order valence-corrected chi connectivity index (χ2v) is 21.0. The number of ether oxygens (including phenoxy) is 5. The Bertz CT molecular complexity index is 1620. The molecule has 0 saturated carbocycles. The SMILES string of the molecule is CCCCC/C=C\C/C=C\CCCCCCCCCC(=O)OC1C(OCC(COC(=O)CCCCCCC/C=C\C/C=C\CCCCC)OC(=O)CCCCCCC/C=C\C/C=C\CCCCC)OC(C(=O)O)C(O)C1O. The van der Waals surface area contributed by atoms with E-state index in [0.29, 0.717) is 19.3 Å². The van der Waals surface area contributed by atoms with E-state index in [4.69, 9.17) is 23.7 Å². The van der Waals surface area contributed by atoms with Gasteiger partial charge in [0.05, 0.1) is 6.61 Å². The van der Waals surface area contributed by atoms with Crippen LogP contribution in [0.15, 0.2) is 72.9 Å². The number of carboxylic acids is 1. The summed E-state index contributed by atoms with van der Waals surface area (Å²) in [5.41, 5.74) is 0. The van der Waals surface area contributed by atoms with Gasteiger partial charge >= 0.3 is 23.9 Å². The molecule has 0 spiro atoms. The van der Waals surface area contributed by atoms with Crippen molar-refractivity contribution in [1.82, 2.24) is 0 Å². The number of carboxylic acid groups (broad SMARTS) is 1. The summed E-state index contributed by atoms with van der Waals surface area (Å²) in [6, 6.07) is 0. The lowest BCUT2D eigenvalue weighted by molar-refractivity contribution is -0.301. The number of aliphatic carboxylic acids is 1. The highest BCUT2D eigenvalue weighted by Gasteiger charge is 2.50. The van der Waals surface area contributed by atoms with E-state index < -0.39 is 67.3 Å². The van der Waals surface area contributed by atoms with Gasteiger partial charge in [-0.2, -0.15) is 0 Å². The lowest BCUT2D eigenvalue weighted by atomic mass is 9.98. The number of carbonyl (C=O) groups is 4. The minimum absolute atomic E-state index is 0.0469. The van der Waals surface area contributed by atoms with Crippen LogP contribution >= 0.6 is 0 Å². The highest BCUT2D eigenvalue weighted by Crippen LogP contribution is 2.26. The van der Waals surface area contributed by atoms with Gasteiger partial charge in [0.15, 0.2) is 24.6 Å². The molecule has 442 valence electrons. The van der Waals surface area contributed by atoms with E-state index in [2.05, 4.69) is 93.7 Å². The molecule has 77 heavy (non-hydrogen) atoms. The quantitative estimate of drug-likeness (QED) is 0.0228. The van der Waals surface area contributed by atoms with Crippen molar-refractivity contribution in [2.75, 3.05) is 13.2 Å². The zero-order chi connectivity index (χ0) is 56.1. The van der Waals surface area contributed by atoms with Crippen molar-refractivity contribution in [3.8, 4) is 0 Å². The Balaban J connectivity index is 2.70. The predicted octanol–water partition coefficient (Wildman–Crippen LogP) is 16.1. The standard InChI is InChI=1S/C65H110O12/c1-4-7-10-13-16-19-22-25-28-29-32-35-38-41-44-47-50-53-59(68)76-63-61(70)60(69)62(64(71)72)77-65(63)74-55-56(75-58(67)52-49-46-43-40-37-34-31-27-24-21-18-15-12-9-6-3)54-73-57(66)51-48-45-42-39-36-33-30-26-23-20-17-14-11-8-5-2/h16-21,25-28,30-31,56,60-63,65,69-70H,4-15,22-24,29,32-55H2,1-3H3,(H,71,72)/b19-16-,20-17-,21-18-,28-25-,30-26-,31-27-. The van der Waals surface area contributed by atoms with Crippen LogP contribution in [0.5, 0.6) is 0 Å². The molecule has 1 aliphatic rings. The van der Waals surface area contributed by atoms with E-state index >= 15 is 0 Å². The van der Waals surface area contributed by atoms with Crippen molar-refractivity contribution in [2.45, 2.75) is 302 Å². The summed E-state index contributed by atoms with van der Waals surface area (Å²) in [4.78, 5) is 51.2. The molecule has 0 amide bonds. The Morgan fingerprint density at radius 1 is 0.429 bits per heavy atom. The summed E-state index contributed by atoms with van der Waals surface area (Å²) in [5, 5.41) is 31.5. The maximum atomic E-state index is 13.2. The van der Waals surface area contributed by atoms with Gasteiger partial charge in [-0.25, -0.2) is 4.79 Å². The Morgan fingerprint density at radius 3 is 1.17 bits per heavy atom. The zero-order valence-corrected chi connectivity index (χ0v) is 48.7. The number of hydrogen-bond acceptors (Lipinski definition) is 11. The normalized spacial score (nSPS) is 18.5. The van der Waals surface area contributed by atoms with E-state index in [1.54, 1.807) is 0 Å². The summed E-state index contributed by atoms with van der Waals surface area (Å²) in [6.45, 7) is 5.90. The first-order valence-corrected chi connectivity index (χ1v) is 30.9. The molecule has 0 aromatic rings. The maximum Gasteiger partial charge on any atom is 0.335 e. The molecule has 1 fully saturated rings. The lowest BCUT2D eigenvalue weighted by Gasteiger charge is -2.40. The predicted molar refractivity (Wildman–Crippen MR) is 312 cm³/mol. The van der Waals surface area contributed by atoms with Gasteiger partial charge in [-0.1, -0.05) is 203 Å². The van der Waals surface area contributed by atoms with E-state index in [9.17, 15) is 34.5 Å². The summed E-state index contributed by atoms with van der Waals surface area (Å²) < 4.78 is 28.4. The highest BCUT2D eigenvalue weighted by molar-refractivity contribution is 5.74. The topological polar surface area (TPSA) is 175 Å². The van der Waals surface area contributed by atoms with Crippen molar-refractivity contribution < 1.29 is 58.2 Å². The number of hydrogen-bond donors (Lipinski definition) is 3. The van der Waals surface area contributed by atoms with Crippen LogP contribution < -0.4 is 0 Å². The first-order valence-electron chi connectivity index (χ1n) is 30.9. The smallest absolute Gasteiger partial charge is 0.335 e. The monoisotopic (exact) mass is 1080 g/mol. The zero-order valence-electron chi connectivity index (χ0n) is 48.7. The minimum Gasteiger partial charge on any atom is -0.479 e. The molecule has 0 aromatic heterocycles. The maximum absolute atomic E-state index is 13.2. The molecule has 0 bridgehead atoms. The first kappa shape index (κ1) is 71.2. The molecule has 6 atom stereocenters. The third-order valence-electron chi connectivity index (χ3n) is 13.7. The number of carbonyl (C=O) groups excluding carboxylic acids is 3. The fraction of sp³-hybridized carbons (Fsp3) is 0.754. The fourth-order valence-electron chi connectivity index (χ4n) is 8.93. The van der Waals surface area contributed by atoms with Crippen molar-refractivity contribution >= 4 is 23.9 Å². The van der Waals surface area contributed by atoms with Gasteiger partial charge in [-0.05, 0) is 116 Å². The Kier molecular flexibility index (Phi) is 48.8. The number of esters is 3. The summed E-state index contributed by atoms with van der Waals surface area (Å²) >= 11 is 0. The van der Waals surface area contributed by atoms with Crippen molar-refractivity contribution in [2.24, 2.45) is 0 Å². The second-order valence-electron chi connectivity index (χ2n) is 21.0. The molecule has 3 N–H and O–H groups in total. The fourth-order valence-corrected chi connectivity index (χ4v) is 8.93. The molecule has 1 heterocycles. The molecular formula is C65H110O12. The van der Waals surface area contributed by atoms with E-state index in [1.807, 2.05) is 0 Å². The number of aliphatic hydroxyl groups is 2. The van der Waals surface area contributed by atoms with Crippen LogP contribution in [0.2, 0.25) is 0 Å². The minimum atomic E-state index is -1.91. The van der Waals surface area contributed by atoms with Crippen LogP contribution in [-0.2, 0) is 42.9 Å². The summed E-state index contributed by atoms with van der Waals surface area (Å²) in [6.07, 6.45) is 54.2. The largest absolute Gasteiger partial charge is 0.479 e. The molecule has 0 aromatic carbocycles. The number of unbranched alkanes of at least 4 members (excludes halogenated alkanes) is 26. The van der Waals surface area contributed by atoms with E-state index in [1.165, 1.54) is 57.8 Å². The third kappa shape index (κ3) is 42.7. The number of aliphatic hydroxyl groups excluding tert-OH is 2. The lowest BCUT2D eigenvalue weighted by Crippen LogP contribution is -2.61. The average molecular weight is 1080 g/mol. The van der Waals surface area contributed by atoms with Gasteiger partial charge < -0.3 is 39.0 Å². The van der Waals surface area contributed by atoms with Crippen LogP contribution in [-0.4, -0.2) is 89.2 Å². The molecule has 1 aliphatic heterocycles. The Morgan fingerprint density at radius 2 is 0.779 bits per heavy atom. The van der Waals surface area contributed by atoms with Crippen LogP contribution in [0.1, 0.15) is 265 Å². The van der Waals surface area contributed by atoms with E-state index in [0.717, 1.165) is 148 Å². The summed E-state index contributed by atoms with van der Waals surface area (Å²) in [5.74, 6) is -3.16. The Labute approximate surface area is 468 Å². The van der Waals surface area contributed by atoms with Gasteiger partial charge in [0.1, 0.15) is 18.8 Å². The Hall–Kier alpha value is -3.84. The van der Waals surface area contributed by atoms with Gasteiger partial charge in [-0.3, -0.25) is 14.4 Å². The molecular weight excluding hydrogens is 973 g/mol. The van der Waals surface area contributed by atoms with Crippen LogP contribution in [0.4, 0.5) is 0 Å². The van der Waals surface area contributed by atoms with Crippen molar-refractivity contribution in [3.63, 3.8) is 0 Å². The molecule has 12 heteroatoms. The van der Waals surface area contributed by atoms with Crippen LogP contribution in [0, 0.1) is 0 Å². The van der Waals surface area contributed by atoms with E-state index in [-0.39, 0.29) is 25.9 Å². The first-order chi connectivity index (χ1) is 37.6. The number of allylic oxidation sites excluding steroid dienone is 12. The molecule has 12 nitrogen and oxygen atoms in total. The van der Waals surface area contributed by atoms with Gasteiger partial charge in [0, 0.05) is 19.3 Å². The van der Waals surface area contributed by atoms with Gasteiger partial charge in [0.2, 0.25) is 0 Å². The molecule has 1 saturated heterocycles. The molecule has 6 unspecified atom stereocenters. The number of rotatable bonds is 52. The van der Waals surface area contributed by atoms with Gasteiger partial charge in [-0.15, -0.1) is 0 Å².